The monoisotopic (exact) mass is 478 g/mol. The summed E-state index contributed by atoms with van der Waals surface area (Å²) >= 11 is 6.50. The van der Waals surface area contributed by atoms with Gasteiger partial charge in [-0.05, 0) is 55.6 Å². The number of aliphatic hydroxyl groups is 2. The minimum Gasteiger partial charge on any atom is -0.481 e. The van der Waals surface area contributed by atoms with Gasteiger partial charge in [-0.1, -0.05) is 55.5 Å². The van der Waals surface area contributed by atoms with Crippen LogP contribution >= 0.6 is 11.6 Å². The van der Waals surface area contributed by atoms with E-state index in [1.807, 2.05) is 30.4 Å². The number of aliphatic hydroxyl groups excluding tert-OH is 2. The van der Waals surface area contributed by atoms with Crippen LogP contribution in [-0.4, -0.2) is 52.1 Å². The summed E-state index contributed by atoms with van der Waals surface area (Å²) in [5.74, 6) is -0.792. The lowest BCUT2D eigenvalue weighted by atomic mass is 9.90. The Balaban J connectivity index is 1.86. The Hall–Kier alpha value is -1.66. The Morgan fingerprint density at radius 1 is 1.27 bits per heavy atom. The van der Waals surface area contributed by atoms with Crippen molar-refractivity contribution in [1.29, 1.82) is 0 Å². The second-order valence-corrected chi connectivity index (χ2v) is 9.45. The fourth-order valence-electron chi connectivity index (χ4n) is 4.32. The van der Waals surface area contributed by atoms with E-state index in [9.17, 15) is 15.0 Å². The molecule has 3 N–H and O–H groups in total. The van der Waals surface area contributed by atoms with Gasteiger partial charge in [0.1, 0.15) is 0 Å². The molecule has 5 atom stereocenters. The van der Waals surface area contributed by atoms with Crippen molar-refractivity contribution in [2.45, 2.75) is 75.9 Å². The highest BCUT2D eigenvalue weighted by atomic mass is 35.5. The van der Waals surface area contributed by atoms with E-state index in [1.165, 1.54) is 5.56 Å². The van der Waals surface area contributed by atoms with E-state index < -0.39 is 18.2 Å². The average molecular weight is 479 g/mol. The van der Waals surface area contributed by atoms with Gasteiger partial charge in [-0.25, -0.2) is 0 Å². The van der Waals surface area contributed by atoms with Crippen molar-refractivity contribution < 1.29 is 24.9 Å². The second kappa shape index (κ2) is 15.3. The molecule has 5 nitrogen and oxygen atoms in total. The van der Waals surface area contributed by atoms with E-state index in [4.69, 9.17) is 21.4 Å². The van der Waals surface area contributed by atoms with Crippen LogP contribution in [0, 0.1) is 11.8 Å². The second-order valence-electron chi connectivity index (χ2n) is 8.89. The first kappa shape index (κ1) is 27.6. The highest BCUT2D eigenvalue weighted by Gasteiger charge is 2.39. The molecule has 184 valence electrons. The van der Waals surface area contributed by atoms with Crippen LogP contribution in [0.3, 0.4) is 0 Å². The van der Waals surface area contributed by atoms with Gasteiger partial charge in [0.15, 0.2) is 0 Å². The van der Waals surface area contributed by atoms with E-state index in [0.29, 0.717) is 25.9 Å². The molecule has 1 unspecified atom stereocenters. The first-order valence-electron chi connectivity index (χ1n) is 12.1. The summed E-state index contributed by atoms with van der Waals surface area (Å²) in [6.45, 7) is 3.58. The van der Waals surface area contributed by atoms with Crippen LogP contribution in [0.4, 0.5) is 0 Å². The van der Waals surface area contributed by atoms with Crippen molar-refractivity contribution in [1.82, 2.24) is 0 Å². The molecule has 0 aromatic heterocycles. The summed E-state index contributed by atoms with van der Waals surface area (Å²) in [6.07, 6.45) is 11.7. The number of aliphatic carboxylic acids is 1. The van der Waals surface area contributed by atoms with Crippen molar-refractivity contribution in [3.8, 4) is 0 Å². The third-order valence-corrected chi connectivity index (χ3v) is 6.58. The van der Waals surface area contributed by atoms with E-state index in [2.05, 4.69) is 19.1 Å². The molecule has 2 rings (SSSR count). The summed E-state index contributed by atoms with van der Waals surface area (Å²) in [6, 6.07) is 8.23. The SMILES string of the molecule is CCCOCCc1cccc(CC(O)/C=C/[C@@H]2[C@@H](C/C=C\CCCC(=O)O)[C@H](Cl)C[C@H]2O)c1. The van der Waals surface area contributed by atoms with E-state index >= 15 is 0 Å². The molecule has 1 fully saturated rings. The van der Waals surface area contributed by atoms with Gasteiger partial charge in [-0.3, -0.25) is 4.79 Å². The minimum atomic E-state index is -0.778. The molecule has 0 saturated heterocycles. The molecule has 1 aromatic rings. The Bertz CT molecular complexity index is 763. The van der Waals surface area contributed by atoms with Crippen molar-refractivity contribution in [2.24, 2.45) is 11.8 Å². The molecule has 0 amide bonds. The molecule has 0 bridgehead atoms. The molecule has 6 heteroatoms. The van der Waals surface area contributed by atoms with Crippen LogP contribution in [-0.2, 0) is 22.4 Å². The van der Waals surface area contributed by atoms with Crippen LogP contribution in [0.2, 0.25) is 0 Å². The predicted octanol–water partition coefficient (Wildman–Crippen LogP) is 4.92. The number of alkyl halides is 1. The van der Waals surface area contributed by atoms with Crippen molar-refractivity contribution in [3.63, 3.8) is 0 Å². The maximum absolute atomic E-state index is 10.6. The number of allylic oxidation sites excluding steroid dienone is 2. The maximum Gasteiger partial charge on any atom is 0.303 e. The summed E-state index contributed by atoms with van der Waals surface area (Å²) in [4.78, 5) is 10.6. The first-order chi connectivity index (χ1) is 15.9. The quantitative estimate of drug-likeness (QED) is 0.189. The highest BCUT2D eigenvalue weighted by molar-refractivity contribution is 6.21. The van der Waals surface area contributed by atoms with Gasteiger partial charge in [0, 0.05) is 30.7 Å². The topological polar surface area (TPSA) is 87.0 Å². The van der Waals surface area contributed by atoms with Crippen LogP contribution in [0.5, 0.6) is 0 Å². The summed E-state index contributed by atoms with van der Waals surface area (Å²) in [5, 5.41) is 29.6. The molecule has 33 heavy (non-hydrogen) atoms. The number of benzene rings is 1. The van der Waals surface area contributed by atoms with E-state index in [1.54, 1.807) is 6.08 Å². The molecule has 0 aliphatic heterocycles. The van der Waals surface area contributed by atoms with Gasteiger partial charge in [-0.15, -0.1) is 11.6 Å². The van der Waals surface area contributed by atoms with Gasteiger partial charge in [0.25, 0.3) is 0 Å². The number of hydrogen-bond acceptors (Lipinski definition) is 4. The van der Waals surface area contributed by atoms with Gasteiger partial charge in [0.05, 0.1) is 18.8 Å². The first-order valence-corrected chi connectivity index (χ1v) is 12.5. The Morgan fingerprint density at radius 3 is 2.82 bits per heavy atom. The Kier molecular flexibility index (Phi) is 12.8. The lowest BCUT2D eigenvalue weighted by Gasteiger charge is -2.19. The molecule has 1 saturated carbocycles. The fraction of sp³-hybridized carbons (Fsp3) is 0.593. The van der Waals surface area contributed by atoms with Crippen LogP contribution < -0.4 is 0 Å². The molecular formula is C27H39ClO5. The molecule has 1 aliphatic carbocycles. The molecule has 1 aromatic carbocycles. The largest absolute Gasteiger partial charge is 0.481 e. The Labute approximate surface area is 203 Å². The lowest BCUT2D eigenvalue weighted by Crippen LogP contribution is -2.19. The number of carboxylic acid groups (broad SMARTS) is 1. The number of rotatable bonds is 15. The average Bonchev–Trinajstić information content (AvgIpc) is 3.04. The minimum absolute atomic E-state index is 0.0901. The molecule has 0 spiro atoms. The number of carboxylic acids is 1. The summed E-state index contributed by atoms with van der Waals surface area (Å²) in [7, 11) is 0. The zero-order valence-electron chi connectivity index (χ0n) is 19.6. The predicted molar refractivity (Wildman–Crippen MR) is 133 cm³/mol. The zero-order chi connectivity index (χ0) is 24.1. The summed E-state index contributed by atoms with van der Waals surface area (Å²) < 4.78 is 5.57. The number of carbonyl (C=O) groups is 1. The fourth-order valence-corrected chi connectivity index (χ4v) is 4.78. The van der Waals surface area contributed by atoms with Crippen molar-refractivity contribution in [3.05, 3.63) is 59.7 Å². The molecule has 0 heterocycles. The van der Waals surface area contributed by atoms with E-state index in [-0.39, 0.29) is 23.6 Å². The van der Waals surface area contributed by atoms with Crippen LogP contribution in [0.1, 0.15) is 56.6 Å². The van der Waals surface area contributed by atoms with Crippen molar-refractivity contribution in [2.75, 3.05) is 13.2 Å². The van der Waals surface area contributed by atoms with Gasteiger partial charge in [0.2, 0.25) is 0 Å². The van der Waals surface area contributed by atoms with Gasteiger partial charge < -0.3 is 20.1 Å². The van der Waals surface area contributed by atoms with E-state index in [0.717, 1.165) is 37.9 Å². The third kappa shape index (κ3) is 10.4. The zero-order valence-corrected chi connectivity index (χ0v) is 20.4. The maximum atomic E-state index is 10.6. The summed E-state index contributed by atoms with van der Waals surface area (Å²) in [5.41, 5.74) is 2.27. The molecular weight excluding hydrogens is 440 g/mol. The van der Waals surface area contributed by atoms with Gasteiger partial charge >= 0.3 is 5.97 Å². The standard InChI is InChI=1S/C27H39ClO5/c1-2-15-33-16-14-20-8-7-9-21(17-20)18-22(29)12-13-24-23(25(28)19-26(24)30)10-5-3-4-6-11-27(31)32/h3,5,7-9,12-13,17,22-26,29-30H,2,4,6,10-11,14-16,18-19H2,1H3,(H,31,32)/b5-3-,13-12+/t22?,23-,24-,25-,26-/m1/s1. The third-order valence-electron chi connectivity index (χ3n) is 6.08. The number of ether oxygens (including phenoxy) is 1. The van der Waals surface area contributed by atoms with Gasteiger partial charge in [-0.2, -0.15) is 0 Å². The van der Waals surface area contributed by atoms with Crippen molar-refractivity contribution >= 4 is 17.6 Å². The lowest BCUT2D eigenvalue weighted by molar-refractivity contribution is -0.137. The molecule has 1 aliphatic rings. The Morgan fingerprint density at radius 2 is 2.06 bits per heavy atom. The smallest absolute Gasteiger partial charge is 0.303 e. The number of unbranched alkanes of at least 4 members (excludes halogenated alkanes) is 1. The number of hydrogen-bond donors (Lipinski definition) is 3. The number of halogens is 1. The highest BCUT2D eigenvalue weighted by Crippen LogP contribution is 2.39. The van der Waals surface area contributed by atoms with Crippen LogP contribution in [0.25, 0.3) is 0 Å². The van der Waals surface area contributed by atoms with Crippen LogP contribution in [0.15, 0.2) is 48.6 Å². The molecule has 0 radical (unpaired) electrons. The normalized spacial score (nSPS) is 24.1.